The first-order valence-corrected chi connectivity index (χ1v) is 26.0. The molecule has 0 aliphatic heterocycles. The van der Waals surface area contributed by atoms with Gasteiger partial charge in [-0.3, -0.25) is 18.6 Å². The Labute approximate surface area is 374 Å². The van der Waals surface area contributed by atoms with E-state index in [1.807, 2.05) is 45.4 Å². The van der Waals surface area contributed by atoms with E-state index in [0.29, 0.717) is 23.9 Å². The lowest BCUT2D eigenvalue weighted by Gasteiger charge is -2.24. The molecule has 61 heavy (non-hydrogen) atoms. The number of aliphatic hydroxyl groups is 1. The van der Waals surface area contributed by atoms with Gasteiger partial charge >= 0.3 is 19.8 Å². The fourth-order valence-corrected chi connectivity index (χ4v) is 7.32. The van der Waals surface area contributed by atoms with Crippen molar-refractivity contribution in [2.24, 2.45) is 0 Å². The van der Waals surface area contributed by atoms with Gasteiger partial charge in [-0.1, -0.05) is 172 Å². The van der Waals surface area contributed by atoms with Crippen molar-refractivity contribution < 1.29 is 47.2 Å². The van der Waals surface area contributed by atoms with E-state index in [1.165, 1.54) is 103 Å². The summed E-state index contributed by atoms with van der Waals surface area (Å²) in [6.45, 7) is 4.17. The Morgan fingerprint density at radius 1 is 0.590 bits per heavy atom. The Morgan fingerprint density at radius 2 is 1.08 bits per heavy atom. The predicted octanol–water partition coefficient (Wildman–Crippen LogP) is 13.2. The largest absolute Gasteiger partial charge is 0.472 e. The molecule has 0 saturated carbocycles. The number of carbonyl (C=O) groups excluding carboxylic acids is 2. The van der Waals surface area contributed by atoms with Crippen LogP contribution in [0.5, 0.6) is 0 Å². The van der Waals surface area contributed by atoms with E-state index in [0.717, 1.165) is 57.8 Å². The Balaban J connectivity index is 4.31. The number of hydrogen-bond acceptors (Lipinski definition) is 8. The van der Waals surface area contributed by atoms with Crippen LogP contribution in [0.15, 0.2) is 48.6 Å². The van der Waals surface area contributed by atoms with Gasteiger partial charge in [-0.2, -0.15) is 0 Å². The summed E-state index contributed by atoms with van der Waals surface area (Å²) in [5.41, 5.74) is 0. The normalized spacial score (nSPS) is 14.4. The molecule has 0 bridgehead atoms. The number of carbonyl (C=O) groups is 2. The molecule has 0 fully saturated rings. The van der Waals surface area contributed by atoms with E-state index in [4.69, 9.17) is 18.5 Å². The number of phosphoric acid groups is 1. The zero-order valence-corrected chi connectivity index (χ0v) is 40.6. The first-order valence-electron chi connectivity index (χ1n) is 24.5. The first kappa shape index (κ1) is 58.9. The standard InChI is InChI=1S/C50H92NO9P/c1-6-8-10-11-12-13-14-15-16-17-18-19-20-21-22-23-24-27-30-33-37-41-49(53)57-45-48(46-59-61(55,56)58-44-43-51(3,4)5)60-50(54)42-38-34-31-28-25-26-29-32-36-40-47(52)39-35-9-7-2/h9,15-16,29,32,35-36,40,47-48,52H,6-8,10-14,17-28,30-31,33-34,37-39,41-46H2,1-5H3/p+1/b16-15-,32-29+,35-9+,40-36+/t47?,48-/m1/s1. The molecule has 0 rings (SSSR count). The molecule has 0 saturated heterocycles. The minimum Gasteiger partial charge on any atom is -0.462 e. The van der Waals surface area contributed by atoms with Crippen molar-refractivity contribution >= 4 is 19.8 Å². The SMILES string of the molecule is CC/C=C/CC(O)/C=C/C=C/CCCCCCCC(=O)O[C@H](COC(=O)CCCCCCCCCCCCC/C=C\CCCCCCCC)COP(=O)(O)OCC[N+](C)(C)C. The second-order valence-electron chi connectivity index (χ2n) is 17.7. The average Bonchev–Trinajstić information content (AvgIpc) is 3.21. The topological polar surface area (TPSA) is 129 Å². The maximum atomic E-state index is 12.7. The van der Waals surface area contributed by atoms with Gasteiger partial charge in [0.1, 0.15) is 19.8 Å². The Hall–Kier alpha value is -2.07. The molecule has 0 amide bonds. The highest BCUT2D eigenvalue weighted by Crippen LogP contribution is 2.43. The summed E-state index contributed by atoms with van der Waals surface area (Å²) in [6.07, 6.45) is 46.3. The van der Waals surface area contributed by atoms with E-state index >= 15 is 0 Å². The van der Waals surface area contributed by atoms with Crippen LogP contribution in [0.3, 0.4) is 0 Å². The predicted molar refractivity (Wildman–Crippen MR) is 253 cm³/mol. The van der Waals surface area contributed by atoms with Crippen molar-refractivity contribution in [2.75, 3.05) is 47.5 Å². The molecule has 11 heteroatoms. The molecule has 0 aliphatic carbocycles. The van der Waals surface area contributed by atoms with Gasteiger partial charge in [0.05, 0.1) is 33.9 Å². The molecule has 0 aromatic carbocycles. The number of hydrogen-bond donors (Lipinski definition) is 2. The summed E-state index contributed by atoms with van der Waals surface area (Å²) in [7, 11) is 1.43. The first-order chi connectivity index (χ1) is 29.4. The smallest absolute Gasteiger partial charge is 0.462 e. The maximum Gasteiger partial charge on any atom is 0.472 e. The minimum absolute atomic E-state index is 0.0169. The molecule has 2 unspecified atom stereocenters. The third-order valence-corrected chi connectivity index (χ3v) is 11.4. The summed E-state index contributed by atoms with van der Waals surface area (Å²) in [4.78, 5) is 35.5. The zero-order valence-electron chi connectivity index (χ0n) is 39.8. The summed E-state index contributed by atoms with van der Waals surface area (Å²) in [6, 6.07) is 0. The van der Waals surface area contributed by atoms with Crippen molar-refractivity contribution in [3.8, 4) is 0 Å². The van der Waals surface area contributed by atoms with E-state index < -0.39 is 32.6 Å². The molecule has 3 atom stereocenters. The minimum atomic E-state index is -4.40. The number of ether oxygens (including phenoxy) is 2. The summed E-state index contributed by atoms with van der Waals surface area (Å²) >= 11 is 0. The number of nitrogens with zero attached hydrogens (tertiary/aromatic N) is 1. The number of likely N-dealkylation sites (N-methyl/N-ethyl adjacent to an activating group) is 1. The van der Waals surface area contributed by atoms with E-state index in [-0.39, 0.29) is 32.0 Å². The molecule has 0 aromatic heterocycles. The quantitative estimate of drug-likeness (QED) is 0.0153. The lowest BCUT2D eigenvalue weighted by molar-refractivity contribution is -0.870. The van der Waals surface area contributed by atoms with Crippen molar-refractivity contribution in [2.45, 2.75) is 212 Å². The highest BCUT2D eigenvalue weighted by atomic mass is 31.2. The molecule has 10 nitrogen and oxygen atoms in total. The van der Waals surface area contributed by atoms with Gasteiger partial charge in [0, 0.05) is 12.8 Å². The van der Waals surface area contributed by atoms with Gasteiger partial charge in [-0.05, 0) is 64.2 Å². The van der Waals surface area contributed by atoms with Gasteiger partial charge in [0.2, 0.25) is 0 Å². The summed E-state index contributed by atoms with van der Waals surface area (Å²) in [5.74, 6) is -0.851. The summed E-state index contributed by atoms with van der Waals surface area (Å²) < 4.78 is 34.3. The number of phosphoric ester groups is 1. The highest BCUT2D eigenvalue weighted by molar-refractivity contribution is 7.47. The number of esters is 2. The lowest BCUT2D eigenvalue weighted by Crippen LogP contribution is -2.37. The van der Waals surface area contributed by atoms with Crippen LogP contribution in [0.4, 0.5) is 0 Å². The summed E-state index contributed by atoms with van der Waals surface area (Å²) in [5, 5.41) is 9.90. The molecule has 0 radical (unpaired) electrons. The number of quaternary nitrogens is 1. The Morgan fingerprint density at radius 3 is 1.61 bits per heavy atom. The van der Waals surface area contributed by atoms with Crippen LogP contribution in [0.25, 0.3) is 0 Å². The number of allylic oxidation sites excluding steroid dienone is 6. The average molecular weight is 883 g/mol. The molecular weight excluding hydrogens is 790 g/mol. The van der Waals surface area contributed by atoms with Crippen LogP contribution in [-0.4, -0.2) is 86.1 Å². The van der Waals surface area contributed by atoms with Crippen LogP contribution in [0.2, 0.25) is 0 Å². The second-order valence-corrected chi connectivity index (χ2v) is 19.1. The third-order valence-electron chi connectivity index (χ3n) is 10.4. The van der Waals surface area contributed by atoms with Crippen molar-refractivity contribution in [1.82, 2.24) is 0 Å². The Kier molecular flexibility index (Phi) is 40.5. The molecular formula is C50H93NO9P+. The molecule has 2 N–H and O–H groups in total. The van der Waals surface area contributed by atoms with Crippen LogP contribution in [-0.2, 0) is 32.7 Å². The number of aliphatic hydroxyl groups excluding tert-OH is 1. The van der Waals surface area contributed by atoms with Crippen molar-refractivity contribution in [3.63, 3.8) is 0 Å². The van der Waals surface area contributed by atoms with Crippen molar-refractivity contribution in [1.29, 1.82) is 0 Å². The lowest BCUT2D eigenvalue weighted by atomic mass is 10.0. The van der Waals surface area contributed by atoms with Gasteiger partial charge in [-0.15, -0.1) is 0 Å². The number of unbranched alkanes of at least 4 members (excludes halogenated alkanes) is 22. The Bertz CT molecular complexity index is 1200. The molecule has 0 aliphatic rings. The van der Waals surface area contributed by atoms with Gasteiger partial charge in [0.25, 0.3) is 0 Å². The van der Waals surface area contributed by atoms with Crippen molar-refractivity contribution in [3.05, 3.63) is 48.6 Å². The van der Waals surface area contributed by atoms with Crippen LogP contribution in [0.1, 0.15) is 200 Å². The molecule has 0 heterocycles. The van der Waals surface area contributed by atoms with Crippen LogP contribution in [0, 0.1) is 0 Å². The van der Waals surface area contributed by atoms with Crippen LogP contribution >= 0.6 is 7.82 Å². The maximum absolute atomic E-state index is 12.7. The fraction of sp³-hybridized carbons (Fsp3) is 0.800. The van der Waals surface area contributed by atoms with E-state index in [1.54, 1.807) is 6.08 Å². The van der Waals surface area contributed by atoms with Gasteiger partial charge < -0.3 is 24.0 Å². The van der Waals surface area contributed by atoms with Gasteiger partial charge in [-0.25, -0.2) is 4.57 Å². The molecule has 0 spiro atoms. The van der Waals surface area contributed by atoms with Crippen LogP contribution < -0.4 is 0 Å². The second kappa shape index (κ2) is 41.9. The van der Waals surface area contributed by atoms with E-state index in [9.17, 15) is 24.2 Å². The third kappa shape index (κ3) is 45.8. The van der Waals surface area contributed by atoms with E-state index in [2.05, 4.69) is 32.1 Å². The van der Waals surface area contributed by atoms with Gasteiger partial charge in [0.15, 0.2) is 6.10 Å². The fourth-order valence-electron chi connectivity index (χ4n) is 6.57. The molecule has 0 aromatic rings. The highest BCUT2D eigenvalue weighted by Gasteiger charge is 2.27. The molecule has 356 valence electrons. The monoisotopic (exact) mass is 883 g/mol. The number of rotatable bonds is 44. The zero-order chi connectivity index (χ0) is 45.1.